The van der Waals surface area contributed by atoms with Gasteiger partial charge in [0.2, 0.25) is 0 Å². The van der Waals surface area contributed by atoms with Crippen LogP contribution in [-0.2, 0) is 4.79 Å². The number of piperazine rings is 1. The van der Waals surface area contributed by atoms with Gasteiger partial charge < -0.3 is 4.90 Å². The number of hydrogen-bond acceptors (Lipinski definition) is 4. The fraction of sp³-hybridized carbons (Fsp3) is 0.412. The summed E-state index contributed by atoms with van der Waals surface area (Å²) in [4.78, 5) is 16.3. The topological polar surface area (TPSA) is 47.9 Å². The molecule has 0 spiro atoms. The second-order valence-corrected chi connectivity index (χ2v) is 5.67. The van der Waals surface area contributed by atoms with Crippen molar-refractivity contribution >= 4 is 18.2 Å². The van der Waals surface area contributed by atoms with Gasteiger partial charge in [-0.05, 0) is 25.1 Å². The van der Waals surface area contributed by atoms with Gasteiger partial charge in [-0.3, -0.25) is 9.69 Å². The van der Waals surface area contributed by atoms with E-state index in [9.17, 15) is 4.79 Å². The first-order valence-corrected chi connectivity index (χ1v) is 7.59. The number of carbonyl (C=O) groups is 1. The van der Waals surface area contributed by atoms with Crippen LogP contribution in [0, 0.1) is 0 Å². The summed E-state index contributed by atoms with van der Waals surface area (Å²) in [6, 6.07) is 10.0. The first-order valence-electron chi connectivity index (χ1n) is 7.59. The quantitative estimate of drug-likeness (QED) is 0.661. The molecule has 1 N–H and O–H groups in total. The Morgan fingerprint density at radius 2 is 1.91 bits per heavy atom. The number of nitrogens with zero attached hydrogens (tertiary/aromatic N) is 3. The number of hydrogen-bond donors (Lipinski definition) is 1. The van der Waals surface area contributed by atoms with Gasteiger partial charge in [0.05, 0.1) is 12.8 Å². The highest BCUT2D eigenvalue weighted by Crippen LogP contribution is 2.04. The van der Waals surface area contributed by atoms with Crippen molar-refractivity contribution in [1.29, 1.82) is 0 Å². The van der Waals surface area contributed by atoms with E-state index in [-0.39, 0.29) is 5.91 Å². The van der Waals surface area contributed by atoms with Gasteiger partial charge in [0, 0.05) is 26.2 Å². The molecule has 0 radical (unpaired) electrons. The number of rotatable bonds is 5. The molecular weight excluding hydrogens is 276 g/mol. The van der Waals surface area contributed by atoms with E-state index < -0.39 is 0 Å². The Labute approximate surface area is 132 Å². The number of carbonyl (C=O) groups excluding carboxylic acids is 1. The lowest BCUT2D eigenvalue weighted by Crippen LogP contribution is -2.47. The number of likely N-dealkylation sites (N-methyl/N-ethyl adjacent to an activating group) is 1. The van der Waals surface area contributed by atoms with Crippen LogP contribution in [0.15, 0.2) is 41.0 Å². The molecule has 118 valence electrons. The molecule has 0 aliphatic carbocycles. The van der Waals surface area contributed by atoms with Gasteiger partial charge >= 0.3 is 0 Å². The molecule has 22 heavy (non-hydrogen) atoms. The molecule has 1 aliphatic heterocycles. The predicted octanol–water partition coefficient (Wildman–Crippen LogP) is 1.44. The van der Waals surface area contributed by atoms with Gasteiger partial charge in [0.1, 0.15) is 0 Å². The third-order valence-electron chi connectivity index (χ3n) is 3.61. The molecule has 1 aromatic carbocycles. The molecular formula is C17H24N4O. The van der Waals surface area contributed by atoms with Crippen molar-refractivity contribution in [2.75, 3.05) is 39.8 Å². The Morgan fingerprint density at radius 1 is 1.23 bits per heavy atom. The third-order valence-corrected chi connectivity index (χ3v) is 3.61. The van der Waals surface area contributed by atoms with Gasteiger partial charge in [0.15, 0.2) is 0 Å². The molecule has 2 rings (SSSR count). The summed E-state index contributed by atoms with van der Waals surface area (Å²) in [5.74, 6) is -0.0617. The summed E-state index contributed by atoms with van der Waals surface area (Å²) < 4.78 is 0. The number of allylic oxidation sites excluding steroid dienone is 1. The fourth-order valence-corrected chi connectivity index (χ4v) is 2.30. The van der Waals surface area contributed by atoms with Crippen LogP contribution in [0.25, 0.3) is 6.08 Å². The average molecular weight is 300 g/mol. The summed E-state index contributed by atoms with van der Waals surface area (Å²) in [6.07, 6.45) is 3.70. The van der Waals surface area contributed by atoms with Crippen LogP contribution in [0.5, 0.6) is 0 Å². The van der Waals surface area contributed by atoms with E-state index in [1.54, 1.807) is 6.21 Å². The second kappa shape index (κ2) is 8.46. The molecule has 1 heterocycles. The van der Waals surface area contributed by atoms with Crippen molar-refractivity contribution < 1.29 is 4.79 Å². The largest absolute Gasteiger partial charge is 0.304 e. The van der Waals surface area contributed by atoms with Crippen molar-refractivity contribution in [3.63, 3.8) is 0 Å². The molecule has 0 atom stereocenters. The van der Waals surface area contributed by atoms with E-state index in [0.29, 0.717) is 6.54 Å². The molecule has 1 saturated heterocycles. The molecule has 1 aromatic rings. The number of nitrogens with one attached hydrogen (secondary N) is 1. The number of amides is 1. The fourth-order valence-electron chi connectivity index (χ4n) is 2.30. The third kappa shape index (κ3) is 5.79. The predicted molar refractivity (Wildman–Crippen MR) is 90.7 cm³/mol. The van der Waals surface area contributed by atoms with Crippen LogP contribution in [0.3, 0.4) is 0 Å². The molecule has 0 unspecified atom stereocenters. The van der Waals surface area contributed by atoms with E-state index in [1.807, 2.05) is 43.3 Å². The van der Waals surface area contributed by atoms with E-state index >= 15 is 0 Å². The smallest absolute Gasteiger partial charge is 0.254 e. The summed E-state index contributed by atoms with van der Waals surface area (Å²) in [7, 11) is 2.10. The van der Waals surface area contributed by atoms with Crippen molar-refractivity contribution in [2.45, 2.75) is 6.92 Å². The minimum Gasteiger partial charge on any atom is -0.304 e. The highest BCUT2D eigenvalue weighted by molar-refractivity contribution is 5.86. The van der Waals surface area contributed by atoms with Gasteiger partial charge in [-0.15, -0.1) is 0 Å². The maximum Gasteiger partial charge on any atom is 0.254 e. The van der Waals surface area contributed by atoms with E-state index in [4.69, 9.17) is 0 Å². The van der Waals surface area contributed by atoms with Crippen LogP contribution >= 0.6 is 0 Å². The average Bonchev–Trinajstić information content (AvgIpc) is 2.50. The minimum atomic E-state index is -0.0617. The minimum absolute atomic E-state index is 0.0617. The Balaban J connectivity index is 1.74. The van der Waals surface area contributed by atoms with E-state index in [1.165, 1.54) is 0 Å². The molecule has 5 heteroatoms. The van der Waals surface area contributed by atoms with E-state index in [2.05, 4.69) is 27.4 Å². The maximum absolute atomic E-state index is 11.8. The molecule has 1 aliphatic rings. The molecule has 0 aromatic heterocycles. The Hall–Kier alpha value is -1.98. The number of hydrazone groups is 1. The van der Waals surface area contributed by atoms with Gasteiger partial charge in [-0.1, -0.05) is 36.4 Å². The zero-order valence-corrected chi connectivity index (χ0v) is 13.3. The summed E-state index contributed by atoms with van der Waals surface area (Å²) >= 11 is 0. The van der Waals surface area contributed by atoms with Gasteiger partial charge in [0.25, 0.3) is 5.91 Å². The lowest BCUT2D eigenvalue weighted by atomic mass is 10.1. The Morgan fingerprint density at radius 3 is 2.59 bits per heavy atom. The highest BCUT2D eigenvalue weighted by atomic mass is 16.2. The zero-order valence-electron chi connectivity index (χ0n) is 13.3. The molecule has 5 nitrogen and oxygen atoms in total. The summed E-state index contributed by atoms with van der Waals surface area (Å²) in [6.45, 7) is 6.25. The first kappa shape index (κ1) is 16.4. The summed E-state index contributed by atoms with van der Waals surface area (Å²) in [5, 5.41) is 4.02. The standard InChI is InChI=1S/C17H24N4O/c1-15(12-16-6-4-3-5-7-16)13-18-19-17(22)14-21-10-8-20(2)9-11-21/h3-7,12-13H,8-11,14H2,1-2H3,(H,19,22)/b15-12+,18-13-. The van der Waals surface area contributed by atoms with Crippen molar-refractivity contribution in [1.82, 2.24) is 15.2 Å². The summed E-state index contributed by atoms with van der Waals surface area (Å²) in [5.41, 5.74) is 4.70. The Kier molecular flexibility index (Phi) is 6.30. The van der Waals surface area contributed by atoms with Crippen LogP contribution in [-0.4, -0.2) is 61.7 Å². The normalized spacial score (nSPS) is 17.8. The highest BCUT2D eigenvalue weighted by Gasteiger charge is 2.15. The monoisotopic (exact) mass is 300 g/mol. The van der Waals surface area contributed by atoms with E-state index in [0.717, 1.165) is 37.3 Å². The lowest BCUT2D eigenvalue weighted by molar-refractivity contribution is -0.122. The van der Waals surface area contributed by atoms with Crippen molar-refractivity contribution in [2.24, 2.45) is 5.10 Å². The molecule has 1 fully saturated rings. The van der Waals surface area contributed by atoms with Crippen LogP contribution < -0.4 is 5.43 Å². The first-order chi connectivity index (χ1) is 10.6. The molecule has 0 saturated carbocycles. The van der Waals surface area contributed by atoms with Gasteiger partial charge in [-0.25, -0.2) is 5.43 Å². The Bertz CT molecular complexity index is 531. The SMILES string of the molecule is CC(/C=N\NC(=O)CN1CCN(C)CC1)=C\c1ccccc1. The van der Waals surface area contributed by atoms with Crippen LogP contribution in [0.4, 0.5) is 0 Å². The maximum atomic E-state index is 11.8. The number of benzene rings is 1. The van der Waals surface area contributed by atoms with Gasteiger partial charge in [-0.2, -0.15) is 5.10 Å². The molecule has 1 amide bonds. The van der Waals surface area contributed by atoms with Crippen LogP contribution in [0.1, 0.15) is 12.5 Å². The second-order valence-electron chi connectivity index (χ2n) is 5.67. The molecule has 0 bridgehead atoms. The van der Waals surface area contributed by atoms with Crippen molar-refractivity contribution in [3.05, 3.63) is 41.5 Å². The van der Waals surface area contributed by atoms with Crippen LogP contribution in [0.2, 0.25) is 0 Å². The zero-order chi connectivity index (χ0) is 15.8. The van der Waals surface area contributed by atoms with Crippen molar-refractivity contribution in [3.8, 4) is 0 Å². The lowest BCUT2D eigenvalue weighted by Gasteiger charge is -2.31.